The predicted molar refractivity (Wildman–Crippen MR) is 210 cm³/mol. The van der Waals surface area contributed by atoms with Crippen molar-refractivity contribution in [1.29, 1.82) is 0 Å². The summed E-state index contributed by atoms with van der Waals surface area (Å²) in [4.78, 5) is 5.54. The van der Waals surface area contributed by atoms with E-state index in [4.69, 9.17) is 4.42 Å². The monoisotopic (exact) mass is 683 g/mol. The van der Waals surface area contributed by atoms with Crippen molar-refractivity contribution < 1.29 is 4.42 Å². The van der Waals surface area contributed by atoms with Gasteiger partial charge in [-0.05, 0) is 149 Å². The van der Waals surface area contributed by atoms with E-state index in [1.165, 1.54) is 87.3 Å². The van der Waals surface area contributed by atoms with Crippen LogP contribution in [-0.2, 0) is 16.2 Å². The molecule has 0 radical (unpaired) electrons. The van der Waals surface area contributed by atoms with E-state index in [0.29, 0.717) is 5.41 Å². The van der Waals surface area contributed by atoms with E-state index in [0.717, 1.165) is 34.8 Å². The Balaban J connectivity index is 1.11. The zero-order chi connectivity index (χ0) is 34.1. The molecule has 6 unspecified atom stereocenters. The molecule has 5 aliphatic carbocycles. The van der Waals surface area contributed by atoms with Gasteiger partial charge in [-0.3, -0.25) is 0 Å². The number of benzene rings is 5. The van der Waals surface area contributed by atoms with Crippen LogP contribution in [0.1, 0.15) is 88.5 Å². The lowest BCUT2D eigenvalue weighted by atomic mass is 9.26. The Labute approximate surface area is 305 Å². The van der Waals surface area contributed by atoms with Gasteiger partial charge in [0.15, 0.2) is 0 Å². The van der Waals surface area contributed by atoms with Gasteiger partial charge >= 0.3 is 0 Å². The Hall–Kier alpha value is -3.95. The molecule has 2 bridgehead atoms. The largest absolute Gasteiger partial charge is 0.456 e. The molecule has 0 amide bonds. The van der Waals surface area contributed by atoms with Gasteiger partial charge in [0.25, 0.3) is 0 Å². The number of furan rings is 1. The molecule has 6 aliphatic rings. The number of hydrogen-bond acceptors (Lipinski definition) is 3. The average molecular weight is 684 g/mol. The molecule has 3 heteroatoms. The second-order valence-corrected chi connectivity index (χ2v) is 19.5. The quantitative estimate of drug-likeness (QED) is 0.185. The minimum absolute atomic E-state index is 0.119. The van der Waals surface area contributed by atoms with E-state index < -0.39 is 0 Å². The third-order valence-electron chi connectivity index (χ3n) is 15.4. The maximum absolute atomic E-state index is 6.36. The van der Waals surface area contributed by atoms with Crippen molar-refractivity contribution in [3.8, 4) is 0 Å². The number of para-hydroxylation sites is 1. The Morgan fingerprint density at radius 1 is 0.627 bits per heavy atom. The summed E-state index contributed by atoms with van der Waals surface area (Å²) in [5, 5.41) is 2.35. The second-order valence-electron chi connectivity index (χ2n) is 18.4. The van der Waals surface area contributed by atoms with Crippen LogP contribution in [0.15, 0.2) is 117 Å². The predicted octanol–water partition coefficient (Wildman–Crippen LogP) is 13.2. The maximum atomic E-state index is 6.36. The summed E-state index contributed by atoms with van der Waals surface area (Å²) >= 11 is 2.03. The average Bonchev–Trinajstić information content (AvgIpc) is 3.80. The lowest BCUT2D eigenvalue weighted by molar-refractivity contribution is -0.235. The first-order valence-electron chi connectivity index (χ1n) is 19.5. The third kappa shape index (κ3) is 3.49. The van der Waals surface area contributed by atoms with E-state index in [9.17, 15) is 0 Å². The molecule has 6 atom stereocenters. The molecule has 5 aromatic carbocycles. The van der Waals surface area contributed by atoms with Crippen LogP contribution in [0.2, 0.25) is 0 Å². The highest BCUT2D eigenvalue weighted by atomic mass is 32.2. The summed E-state index contributed by atoms with van der Waals surface area (Å²) in [7, 11) is 0. The molecule has 12 rings (SSSR count). The number of hydrogen-bond donors (Lipinski definition) is 0. The SMILES string of the molecule is CC1(C)CCC(C)(C)c2cc(N(c3ccc4oc5ccccc5c4c3)c3cccc4c3Sc3ccccc3C43C4CC5CC6CC3C64C5)ccc21. The van der Waals surface area contributed by atoms with Crippen molar-refractivity contribution in [3.63, 3.8) is 0 Å². The van der Waals surface area contributed by atoms with Crippen LogP contribution >= 0.6 is 11.8 Å². The summed E-state index contributed by atoms with van der Waals surface area (Å²) in [5.74, 6) is 3.46. The molecule has 4 fully saturated rings. The van der Waals surface area contributed by atoms with Gasteiger partial charge in [0.2, 0.25) is 0 Å². The summed E-state index contributed by atoms with van der Waals surface area (Å²) in [5.41, 5.74) is 12.9. The van der Waals surface area contributed by atoms with Gasteiger partial charge in [-0.15, -0.1) is 0 Å². The molecule has 6 aromatic rings. The van der Waals surface area contributed by atoms with Crippen molar-refractivity contribution in [2.24, 2.45) is 29.1 Å². The van der Waals surface area contributed by atoms with Gasteiger partial charge in [-0.2, -0.15) is 0 Å². The van der Waals surface area contributed by atoms with E-state index in [2.05, 4.69) is 136 Å². The fourth-order valence-electron chi connectivity index (χ4n) is 13.3. The van der Waals surface area contributed by atoms with Crippen molar-refractivity contribution in [2.45, 2.75) is 92.3 Å². The third-order valence-corrected chi connectivity index (χ3v) is 16.7. The zero-order valence-corrected chi connectivity index (χ0v) is 30.9. The molecular weight excluding hydrogens is 639 g/mol. The van der Waals surface area contributed by atoms with Gasteiger partial charge in [0.05, 0.1) is 5.69 Å². The van der Waals surface area contributed by atoms with Crippen LogP contribution in [0.5, 0.6) is 0 Å². The van der Waals surface area contributed by atoms with Crippen molar-refractivity contribution >= 4 is 50.8 Å². The number of anilines is 3. The summed E-state index contributed by atoms with van der Waals surface area (Å²) in [6.07, 6.45) is 8.24. The number of rotatable bonds is 3. The van der Waals surface area contributed by atoms with Crippen LogP contribution in [0.3, 0.4) is 0 Å². The van der Waals surface area contributed by atoms with Crippen LogP contribution in [0.4, 0.5) is 17.1 Å². The highest BCUT2D eigenvalue weighted by Gasteiger charge is 2.84. The van der Waals surface area contributed by atoms with Crippen molar-refractivity contribution in [2.75, 3.05) is 4.90 Å². The lowest BCUT2D eigenvalue weighted by Gasteiger charge is -2.78. The Morgan fingerprint density at radius 2 is 1.35 bits per heavy atom. The van der Waals surface area contributed by atoms with Gasteiger partial charge in [0.1, 0.15) is 11.2 Å². The zero-order valence-electron chi connectivity index (χ0n) is 30.1. The molecule has 2 heterocycles. The summed E-state index contributed by atoms with van der Waals surface area (Å²) in [6.45, 7) is 9.77. The van der Waals surface area contributed by atoms with Gasteiger partial charge in [0, 0.05) is 37.4 Å². The highest BCUT2D eigenvalue weighted by Crippen LogP contribution is 2.89. The van der Waals surface area contributed by atoms with Gasteiger partial charge in [-0.1, -0.05) is 94.1 Å². The highest BCUT2D eigenvalue weighted by molar-refractivity contribution is 7.99. The first-order chi connectivity index (χ1) is 24.7. The van der Waals surface area contributed by atoms with E-state index in [1.807, 2.05) is 11.8 Å². The van der Waals surface area contributed by atoms with E-state index in [-0.39, 0.29) is 16.2 Å². The molecule has 4 saturated carbocycles. The molecular formula is C48H45NOS. The minimum Gasteiger partial charge on any atom is -0.456 e. The van der Waals surface area contributed by atoms with Gasteiger partial charge in [-0.25, -0.2) is 0 Å². The fourth-order valence-corrected chi connectivity index (χ4v) is 14.6. The van der Waals surface area contributed by atoms with E-state index in [1.54, 1.807) is 11.1 Å². The van der Waals surface area contributed by atoms with Crippen LogP contribution in [-0.4, -0.2) is 0 Å². The molecule has 0 saturated heterocycles. The summed E-state index contributed by atoms with van der Waals surface area (Å²) in [6, 6.07) is 39.7. The maximum Gasteiger partial charge on any atom is 0.135 e. The molecule has 51 heavy (non-hydrogen) atoms. The molecule has 0 N–H and O–H groups in total. The fraction of sp³-hybridized carbons (Fsp3) is 0.375. The molecule has 254 valence electrons. The molecule has 1 aliphatic heterocycles. The van der Waals surface area contributed by atoms with Crippen LogP contribution < -0.4 is 4.90 Å². The lowest BCUT2D eigenvalue weighted by Crippen LogP contribution is -2.74. The van der Waals surface area contributed by atoms with Crippen molar-refractivity contribution in [1.82, 2.24) is 0 Å². The van der Waals surface area contributed by atoms with Gasteiger partial charge < -0.3 is 9.32 Å². The second kappa shape index (κ2) is 9.53. The normalized spacial score (nSPS) is 31.1. The Kier molecular flexibility index (Phi) is 5.53. The molecule has 1 aromatic heterocycles. The minimum atomic E-state index is 0.119. The summed E-state index contributed by atoms with van der Waals surface area (Å²) < 4.78 is 6.36. The number of nitrogens with zero attached hydrogens (tertiary/aromatic N) is 1. The van der Waals surface area contributed by atoms with Crippen LogP contribution in [0.25, 0.3) is 21.9 Å². The standard InChI is InChI=1S/C48H45NOS/c1-45(2)20-21-46(3,4)37-26-31(16-18-34(37)45)49(30-17-19-40-33(25-30)32-10-5-7-14-39(32)50-40)38-13-9-12-36-44(38)51-41-15-8-6-11-35(41)48(36)42-23-28-22-29-24-43(48)47(29,42)27-28/h5-19,25-26,28-29,42-43H,20-24,27H2,1-4H3. The first kappa shape index (κ1) is 29.6. The van der Waals surface area contributed by atoms with Crippen LogP contribution in [0, 0.1) is 29.1 Å². The smallest absolute Gasteiger partial charge is 0.135 e. The van der Waals surface area contributed by atoms with E-state index >= 15 is 0 Å². The molecule has 2 spiro atoms. The number of fused-ring (bicyclic) bond motifs is 11. The van der Waals surface area contributed by atoms with Crippen molar-refractivity contribution in [3.05, 3.63) is 125 Å². The Morgan fingerprint density at radius 3 is 2.24 bits per heavy atom. The molecule has 2 nitrogen and oxygen atoms in total. The Bertz CT molecular complexity index is 2490. The first-order valence-corrected chi connectivity index (χ1v) is 20.3. The topological polar surface area (TPSA) is 16.4 Å².